The highest BCUT2D eigenvalue weighted by Gasteiger charge is 2.34. The zero-order chi connectivity index (χ0) is 27.1. The first kappa shape index (κ1) is 26.3. The van der Waals surface area contributed by atoms with Gasteiger partial charge in [0.05, 0.1) is 17.8 Å². The van der Waals surface area contributed by atoms with Gasteiger partial charge in [-0.25, -0.2) is 0 Å². The van der Waals surface area contributed by atoms with Crippen LogP contribution in [-0.4, -0.2) is 15.8 Å². The molecule has 3 aromatic rings. The Morgan fingerprint density at radius 1 is 0.921 bits per heavy atom. The van der Waals surface area contributed by atoms with E-state index in [2.05, 4.69) is 16.0 Å². The minimum absolute atomic E-state index is 0.0459. The summed E-state index contributed by atoms with van der Waals surface area (Å²) in [6, 6.07) is 23.6. The molecule has 38 heavy (non-hydrogen) atoms. The molecule has 7 heteroatoms. The lowest BCUT2D eigenvalue weighted by atomic mass is 9.80. The Morgan fingerprint density at radius 3 is 2.08 bits per heavy atom. The number of carbonyl (C=O) groups is 1. The highest BCUT2D eigenvalue weighted by molar-refractivity contribution is 6.03. The average Bonchev–Trinajstić information content (AvgIpc) is 2.93. The maximum absolute atomic E-state index is 13.2. The van der Waals surface area contributed by atoms with Gasteiger partial charge in [-0.15, -0.1) is 0 Å². The molecule has 0 aliphatic heterocycles. The molecule has 0 fully saturated rings. The van der Waals surface area contributed by atoms with Crippen LogP contribution in [0.1, 0.15) is 55.0 Å². The molecular formula is C31H28N4O3. The van der Waals surface area contributed by atoms with Crippen molar-refractivity contribution in [2.24, 2.45) is 5.92 Å². The summed E-state index contributed by atoms with van der Waals surface area (Å²) in [6.07, 6.45) is 3.26. The molecule has 190 valence electrons. The third-order valence-corrected chi connectivity index (χ3v) is 6.16. The third kappa shape index (κ3) is 5.96. The molecule has 1 heterocycles. The van der Waals surface area contributed by atoms with Crippen LogP contribution in [0.25, 0.3) is 0 Å². The lowest BCUT2D eigenvalue weighted by molar-refractivity contribution is -0.116. The monoisotopic (exact) mass is 504 g/mol. The van der Waals surface area contributed by atoms with Crippen LogP contribution in [0.15, 0.2) is 84.0 Å². The SMILES string of the molecule is CC1=CC(C#N)C(=O)C(C(C#N)c2nc(OCc3ccccc3)nc(OCc3ccccc3)c2C(C)C)=C1. The first-order valence-electron chi connectivity index (χ1n) is 12.4. The molecule has 7 nitrogen and oxygen atoms in total. The second-order valence-corrected chi connectivity index (χ2v) is 9.36. The number of ketones is 1. The number of hydrogen-bond acceptors (Lipinski definition) is 7. The van der Waals surface area contributed by atoms with Gasteiger partial charge in [-0.05, 0) is 24.0 Å². The summed E-state index contributed by atoms with van der Waals surface area (Å²) in [6.45, 7) is 6.19. The van der Waals surface area contributed by atoms with E-state index in [1.807, 2.05) is 80.6 Å². The molecule has 1 aliphatic carbocycles. The van der Waals surface area contributed by atoms with E-state index in [0.717, 1.165) is 16.7 Å². The van der Waals surface area contributed by atoms with Crippen molar-refractivity contribution in [1.82, 2.24) is 9.97 Å². The standard InChI is InChI=1S/C31H28N4O3/c1-20(2)27-28(26(17-33)25-15-21(3)14-24(16-32)29(25)36)34-31(38-19-23-12-8-5-9-13-23)35-30(27)37-18-22-10-6-4-7-11-22/h4-15,20,24,26H,18-19H2,1-3H3. The van der Waals surface area contributed by atoms with E-state index in [-0.39, 0.29) is 30.7 Å². The van der Waals surface area contributed by atoms with Crippen molar-refractivity contribution in [3.05, 3.63) is 106 Å². The van der Waals surface area contributed by atoms with Gasteiger partial charge in [-0.3, -0.25) is 4.79 Å². The minimum Gasteiger partial charge on any atom is -0.472 e. The van der Waals surface area contributed by atoms with Crippen LogP contribution in [0.3, 0.4) is 0 Å². The van der Waals surface area contributed by atoms with Crippen molar-refractivity contribution in [1.29, 1.82) is 10.5 Å². The van der Waals surface area contributed by atoms with Gasteiger partial charge < -0.3 is 9.47 Å². The molecule has 0 saturated heterocycles. The summed E-state index contributed by atoms with van der Waals surface area (Å²) in [4.78, 5) is 22.4. The molecule has 2 unspecified atom stereocenters. The van der Waals surface area contributed by atoms with E-state index >= 15 is 0 Å². The number of ether oxygens (including phenoxy) is 2. The maximum Gasteiger partial charge on any atom is 0.320 e. The molecule has 2 aromatic carbocycles. The molecule has 0 spiro atoms. The topological polar surface area (TPSA) is 109 Å². The number of benzene rings is 2. The lowest BCUT2D eigenvalue weighted by Gasteiger charge is -2.23. The van der Waals surface area contributed by atoms with Crippen molar-refractivity contribution >= 4 is 5.78 Å². The van der Waals surface area contributed by atoms with Crippen molar-refractivity contribution in [2.75, 3.05) is 0 Å². The fraction of sp³-hybridized carbons (Fsp3) is 0.258. The first-order chi connectivity index (χ1) is 18.4. The largest absolute Gasteiger partial charge is 0.472 e. The Labute approximate surface area is 222 Å². The van der Waals surface area contributed by atoms with Gasteiger partial charge in [-0.1, -0.05) is 92.2 Å². The number of hydrogen-bond donors (Lipinski definition) is 0. The van der Waals surface area contributed by atoms with Crippen LogP contribution in [0.5, 0.6) is 11.9 Å². The molecule has 0 bridgehead atoms. The molecule has 0 saturated carbocycles. The number of rotatable bonds is 9. The molecule has 1 aliphatic rings. The summed E-state index contributed by atoms with van der Waals surface area (Å²) in [5.74, 6) is -2.21. The van der Waals surface area contributed by atoms with Crippen molar-refractivity contribution in [3.8, 4) is 24.0 Å². The Kier molecular flexibility index (Phi) is 8.30. The fourth-order valence-corrected chi connectivity index (χ4v) is 4.31. The van der Waals surface area contributed by atoms with E-state index in [9.17, 15) is 15.3 Å². The average molecular weight is 505 g/mol. The number of allylic oxidation sites excluding steroid dienone is 4. The van der Waals surface area contributed by atoms with Crippen LogP contribution in [0.2, 0.25) is 0 Å². The van der Waals surface area contributed by atoms with Crippen LogP contribution in [0.4, 0.5) is 0 Å². The Hall–Kier alpha value is -4.75. The van der Waals surface area contributed by atoms with E-state index < -0.39 is 17.6 Å². The number of nitriles is 2. The Balaban J connectivity index is 1.80. The number of aromatic nitrogens is 2. The van der Waals surface area contributed by atoms with E-state index in [1.165, 1.54) is 0 Å². The zero-order valence-corrected chi connectivity index (χ0v) is 21.6. The summed E-state index contributed by atoms with van der Waals surface area (Å²) in [7, 11) is 0. The Bertz CT molecular complexity index is 1450. The van der Waals surface area contributed by atoms with Crippen LogP contribution < -0.4 is 9.47 Å². The highest BCUT2D eigenvalue weighted by atomic mass is 16.5. The van der Waals surface area contributed by atoms with Crippen molar-refractivity contribution in [3.63, 3.8) is 0 Å². The number of carbonyl (C=O) groups excluding carboxylic acids is 1. The second kappa shape index (κ2) is 12.0. The molecular weight excluding hydrogens is 476 g/mol. The summed E-state index contributed by atoms with van der Waals surface area (Å²) >= 11 is 0. The molecule has 1 aromatic heterocycles. The quantitative estimate of drug-likeness (QED) is 0.354. The van der Waals surface area contributed by atoms with Gasteiger partial charge in [0.25, 0.3) is 0 Å². The van der Waals surface area contributed by atoms with Gasteiger partial charge in [0, 0.05) is 11.1 Å². The van der Waals surface area contributed by atoms with Gasteiger partial charge >= 0.3 is 6.01 Å². The van der Waals surface area contributed by atoms with Gasteiger partial charge in [0.1, 0.15) is 25.0 Å². The van der Waals surface area contributed by atoms with Crippen LogP contribution in [-0.2, 0) is 18.0 Å². The van der Waals surface area contributed by atoms with E-state index in [0.29, 0.717) is 17.1 Å². The van der Waals surface area contributed by atoms with E-state index in [1.54, 1.807) is 19.1 Å². The zero-order valence-electron chi connectivity index (χ0n) is 21.6. The molecule has 0 radical (unpaired) electrons. The highest BCUT2D eigenvalue weighted by Crippen LogP contribution is 2.38. The minimum atomic E-state index is -1.03. The van der Waals surface area contributed by atoms with Crippen LogP contribution >= 0.6 is 0 Å². The number of nitrogens with zero attached hydrogens (tertiary/aromatic N) is 4. The second-order valence-electron chi connectivity index (χ2n) is 9.36. The molecule has 0 N–H and O–H groups in total. The maximum atomic E-state index is 13.2. The van der Waals surface area contributed by atoms with E-state index in [4.69, 9.17) is 9.47 Å². The molecule has 0 amide bonds. The number of Topliss-reactive ketones (excluding diaryl/α,β-unsaturated/α-hetero) is 1. The van der Waals surface area contributed by atoms with Gasteiger partial charge in [0.2, 0.25) is 5.88 Å². The van der Waals surface area contributed by atoms with Crippen LogP contribution in [0, 0.1) is 28.6 Å². The lowest BCUT2D eigenvalue weighted by Crippen LogP contribution is -2.23. The predicted octanol–water partition coefficient (Wildman–Crippen LogP) is 5.96. The van der Waals surface area contributed by atoms with Crippen molar-refractivity contribution in [2.45, 2.75) is 45.8 Å². The molecule has 4 rings (SSSR count). The summed E-state index contributed by atoms with van der Waals surface area (Å²) in [5, 5.41) is 19.8. The fourth-order valence-electron chi connectivity index (χ4n) is 4.31. The third-order valence-electron chi connectivity index (χ3n) is 6.16. The predicted molar refractivity (Wildman–Crippen MR) is 142 cm³/mol. The van der Waals surface area contributed by atoms with Gasteiger partial charge in [-0.2, -0.15) is 20.5 Å². The van der Waals surface area contributed by atoms with Crippen molar-refractivity contribution < 1.29 is 14.3 Å². The summed E-state index contributed by atoms with van der Waals surface area (Å²) in [5.41, 5.74) is 3.81. The normalized spacial score (nSPS) is 15.6. The first-order valence-corrected chi connectivity index (χ1v) is 12.4. The molecule has 2 atom stereocenters. The van der Waals surface area contributed by atoms with Gasteiger partial charge in [0.15, 0.2) is 5.78 Å². The summed E-state index contributed by atoms with van der Waals surface area (Å²) < 4.78 is 12.1. The smallest absolute Gasteiger partial charge is 0.320 e. The Morgan fingerprint density at radius 2 is 1.53 bits per heavy atom.